The Morgan fingerprint density at radius 1 is 1.23 bits per heavy atom. The van der Waals surface area contributed by atoms with Crippen molar-refractivity contribution in [1.29, 1.82) is 0 Å². The monoisotopic (exact) mass is 517 g/mol. The number of rotatable bonds is 6. The van der Waals surface area contributed by atoms with Gasteiger partial charge in [0.1, 0.15) is 17.7 Å². The van der Waals surface area contributed by atoms with Gasteiger partial charge in [-0.2, -0.15) is 0 Å². The number of aromatic nitrogens is 3. The Bertz CT molecular complexity index is 1330. The Hall–Kier alpha value is -3.31. The number of halogens is 1. The van der Waals surface area contributed by atoms with Crippen LogP contribution in [0.5, 0.6) is 0 Å². The number of likely N-dealkylation sites (tertiary alicyclic amines) is 1. The minimum atomic E-state index is -1.56. The zero-order chi connectivity index (χ0) is 25.3. The van der Waals surface area contributed by atoms with E-state index in [2.05, 4.69) is 15.3 Å². The van der Waals surface area contributed by atoms with Crippen molar-refractivity contribution >= 4 is 51.5 Å². The lowest BCUT2D eigenvalue weighted by atomic mass is 10.2. The molecule has 1 aliphatic rings. The Balaban J connectivity index is 1.48. The molecule has 2 aromatic heterocycles. The fourth-order valence-corrected chi connectivity index (χ4v) is 5.33. The van der Waals surface area contributed by atoms with E-state index in [0.717, 1.165) is 5.56 Å². The lowest BCUT2D eigenvalue weighted by molar-refractivity contribution is -0.146. The molecule has 35 heavy (non-hydrogen) atoms. The van der Waals surface area contributed by atoms with Crippen LogP contribution in [0.2, 0.25) is 5.02 Å². The molecule has 1 aromatic carbocycles. The molecule has 3 heterocycles. The Kier molecular flexibility index (Phi) is 7.18. The highest BCUT2D eigenvalue weighted by Gasteiger charge is 2.39. The first kappa shape index (κ1) is 24.8. The van der Waals surface area contributed by atoms with E-state index in [4.69, 9.17) is 16.3 Å². The molecule has 0 radical (unpaired) electrons. The van der Waals surface area contributed by atoms with Crippen LogP contribution in [0.3, 0.4) is 0 Å². The van der Waals surface area contributed by atoms with Gasteiger partial charge >= 0.3 is 5.97 Å². The molecule has 0 bridgehead atoms. The lowest BCUT2D eigenvalue weighted by Crippen LogP contribution is -2.45. The van der Waals surface area contributed by atoms with Crippen LogP contribution < -0.4 is 5.32 Å². The number of aryl methyl sites for hydroxylation is 1. The van der Waals surface area contributed by atoms with Crippen molar-refractivity contribution in [1.82, 2.24) is 24.2 Å². The number of amides is 2. The molecule has 1 saturated heterocycles. The normalized spacial score (nSPS) is 18.5. The van der Waals surface area contributed by atoms with Crippen LogP contribution in [0, 0.1) is 6.92 Å². The van der Waals surface area contributed by atoms with E-state index in [0.29, 0.717) is 21.8 Å². The van der Waals surface area contributed by atoms with Crippen LogP contribution >= 0.6 is 11.6 Å². The molecule has 12 heteroatoms. The van der Waals surface area contributed by atoms with E-state index in [1.165, 1.54) is 35.1 Å². The van der Waals surface area contributed by atoms with E-state index in [1.807, 2.05) is 19.1 Å². The zero-order valence-electron chi connectivity index (χ0n) is 19.4. The summed E-state index contributed by atoms with van der Waals surface area (Å²) in [4.78, 5) is 46.9. The van der Waals surface area contributed by atoms with Crippen molar-refractivity contribution in [3.63, 3.8) is 0 Å². The van der Waals surface area contributed by atoms with E-state index < -0.39 is 29.1 Å². The number of hydrogen-bond donors (Lipinski definition) is 1. The molecular formula is C23H24ClN5O5S. The van der Waals surface area contributed by atoms with Crippen LogP contribution in [-0.4, -0.2) is 59.5 Å². The van der Waals surface area contributed by atoms with Crippen molar-refractivity contribution in [2.45, 2.75) is 50.8 Å². The SMILES string of the molecule is CC(=O)OC1CC(C(=O)NCc2cnc3c(n2)c(Cl)cn3S(=O)c2ccc(C)cc2)N(C(C)=O)C1. The molecule has 2 amide bonds. The maximum atomic E-state index is 13.0. The number of nitrogens with one attached hydrogen (secondary N) is 1. The fourth-order valence-electron chi connectivity index (χ4n) is 3.96. The van der Waals surface area contributed by atoms with Crippen molar-refractivity contribution in [3.05, 3.63) is 52.9 Å². The number of ether oxygens (including phenoxy) is 1. The van der Waals surface area contributed by atoms with Crippen LogP contribution in [0.25, 0.3) is 11.2 Å². The summed E-state index contributed by atoms with van der Waals surface area (Å²) in [6.45, 7) is 4.81. The molecule has 0 spiro atoms. The average Bonchev–Trinajstić information content (AvgIpc) is 3.38. The second-order valence-electron chi connectivity index (χ2n) is 8.27. The summed E-state index contributed by atoms with van der Waals surface area (Å²) in [5, 5.41) is 3.04. The number of carbonyl (C=O) groups is 3. The number of benzene rings is 1. The number of fused-ring (bicyclic) bond motifs is 1. The molecule has 1 N–H and O–H groups in total. The molecule has 4 rings (SSSR count). The van der Waals surface area contributed by atoms with Gasteiger partial charge in [0.25, 0.3) is 0 Å². The summed E-state index contributed by atoms with van der Waals surface area (Å²) in [6, 6.07) is 6.55. The predicted molar refractivity (Wildman–Crippen MR) is 129 cm³/mol. The summed E-state index contributed by atoms with van der Waals surface area (Å²) in [5.41, 5.74) is 2.21. The molecule has 184 valence electrons. The average molecular weight is 518 g/mol. The maximum Gasteiger partial charge on any atom is 0.302 e. The minimum Gasteiger partial charge on any atom is -0.461 e. The number of esters is 1. The van der Waals surface area contributed by atoms with Gasteiger partial charge in [0.05, 0.1) is 34.9 Å². The van der Waals surface area contributed by atoms with Gasteiger partial charge in [-0.05, 0) is 19.1 Å². The van der Waals surface area contributed by atoms with E-state index in [1.54, 1.807) is 12.1 Å². The second kappa shape index (κ2) is 10.1. The molecule has 3 unspecified atom stereocenters. The fraction of sp³-hybridized carbons (Fsp3) is 0.348. The van der Waals surface area contributed by atoms with Gasteiger partial charge in [0.2, 0.25) is 11.8 Å². The standard InChI is InChI=1S/C23H24ClN5O5S/c1-13-4-6-18(7-5-13)35(33)29-12-19(24)21-22(29)25-9-16(27-21)10-26-23(32)20-8-17(34-15(3)31)11-28(20)14(2)30/h4-7,9,12,17,20H,8,10-11H2,1-3H3,(H,26,32). The third-order valence-electron chi connectivity index (χ3n) is 5.62. The molecule has 3 atom stereocenters. The highest BCUT2D eigenvalue weighted by Crippen LogP contribution is 2.26. The minimum absolute atomic E-state index is 0.0464. The first-order valence-electron chi connectivity index (χ1n) is 10.9. The molecule has 0 aliphatic carbocycles. The van der Waals surface area contributed by atoms with Crippen molar-refractivity contribution < 1.29 is 23.3 Å². The first-order chi connectivity index (χ1) is 16.6. The van der Waals surface area contributed by atoms with Gasteiger partial charge < -0.3 is 15.0 Å². The number of nitrogens with zero attached hydrogens (tertiary/aromatic N) is 4. The quantitative estimate of drug-likeness (QED) is 0.497. The lowest BCUT2D eigenvalue weighted by Gasteiger charge is -2.21. The van der Waals surface area contributed by atoms with Gasteiger partial charge in [0.15, 0.2) is 16.6 Å². The molecule has 10 nitrogen and oxygen atoms in total. The predicted octanol–water partition coefficient (Wildman–Crippen LogP) is 2.13. The zero-order valence-corrected chi connectivity index (χ0v) is 20.9. The summed E-state index contributed by atoms with van der Waals surface area (Å²) in [7, 11) is -1.56. The second-order valence-corrected chi connectivity index (χ2v) is 10.0. The van der Waals surface area contributed by atoms with E-state index in [9.17, 15) is 18.6 Å². The third-order valence-corrected chi connectivity index (χ3v) is 7.20. The first-order valence-corrected chi connectivity index (χ1v) is 12.4. The van der Waals surface area contributed by atoms with E-state index >= 15 is 0 Å². The Morgan fingerprint density at radius 3 is 2.60 bits per heavy atom. The van der Waals surface area contributed by atoms with Gasteiger partial charge in [-0.3, -0.25) is 14.4 Å². The summed E-state index contributed by atoms with van der Waals surface area (Å²) < 4.78 is 19.7. The molecule has 1 fully saturated rings. The summed E-state index contributed by atoms with van der Waals surface area (Å²) in [6.07, 6.45) is 2.68. The molecule has 3 aromatic rings. The maximum absolute atomic E-state index is 13.0. The topological polar surface area (TPSA) is 123 Å². The number of carbonyl (C=O) groups excluding carboxylic acids is 3. The highest BCUT2D eigenvalue weighted by molar-refractivity contribution is 7.83. The third kappa shape index (κ3) is 5.35. The number of hydrogen-bond acceptors (Lipinski definition) is 7. The van der Waals surface area contributed by atoms with Crippen LogP contribution in [-0.2, 0) is 36.7 Å². The Labute approximate surface area is 209 Å². The molecular weight excluding hydrogens is 494 g/mol. The van der Waals surface area contributed by atoms with Gasteiger partial charge in [-0.15, -0.1) is 0 Å². The smallest absolute Gasteiger partial charge is 0.302 e. The summed E-state index contributed by atoms with van der Waals surface area (Å²) in [5.74, 6) is -1.13. The summed E-state index contributed by atoms with van der Waals surface area (Å²) >= 11 is 6.35. The van der Waals surface area contributed by atoms with Gasteiger partial charge in [0, 0.05) is 26.5 Å². The van der Waals surface area contributed by atoms with Crippen molar-refractivity contribution in [2.75, 3.05) is 6.54 Å². The van der Waals surface area contributed by atoms with Gasteiger partial charge in [-0.25, -0.2) is 18.1 Å². The Morgan fingerprint density at radius 2 is 1.94 bits per heavy atom. The van der Waals surface area contributed by atoms with Crippen LogP contribution in [0.4, 0.5) is 0 Å². The van der Waals surface area contributed by atoms with Crippen molar-refractivity contribution in [3.8, 4) is 0 Å². The highest BCUT2D eigenvalue weighted by atomic mass is 35.5. The van der Waals surface area contributed by atoms with E-state index in [-0.39, 0.29) is 36.3 Å². The molecule has 1 aliphatic heterocycles. The molecule has 0 saturated carbocycles. The van der Waals surface area contributed by atoms with Crippen molar-refractivity contribution in [2.24, 2.45) is 0 Å². The van der Waals surface area contributed by atoms with Crippen LogP contribution in [0.15, 0.2) is 41.6 Å². The largest absolute Gasteiger partial charge is 0.461 e. The van der Waals surface area contributed by atoms with Gasteiger partial charge in [-0.1, -0.05) is 29.3 Å². The van der Waals surface area contributed by atoms with Crippen LogP contribution in [0.1, 0.15) is 31.5 Å².